The van der Waals surface area contributed by atoms with Crippen molar-refractivity contribution in [3.05, 3.63) is 129 Å². The number of rotatable bonds is 10. The van der Waals surface area contributed by atoms with Gasteiger partial charge >= 0.3 is 11.9 Å². The van der Waals surface area contributed by atoms with Crippen LogP contribution < -0.4 is 4.74 Å². The number of piperidine rings is 1. The predicted molar refractivity (Wildman–Crippen MR) is 219 cm³/mol. The number of esters is 2. The number of likely N-dealkylation sites (tertiary alicyclic amines) is 1. The van der Waals surface area contributed by atoms with Crippen LogP contribution >= 0.6 is 27.5 Å². The summed E-state index contributed by atoms with van der Waals surface area (Å²) in [5.41, 5.74) is 3.86. The minimum absolute atomic E-state index is 0.110. The van der Waals surface area contributed by atoms with E-state index in [9.17, 15) is 14.4 Å². The Balaban J connectivity index is 0.000000195. The lowest BCUT2D eigenvalue weighted by atomic mass is 9.69. The molecule has 0 bridgehead atoms. The van der Waals surface area contributed by atoms with E-state index < -0.39 is 17.2 Å². The maximum Gasteiger partial charge on any atom is 0.350 e. The first kappa shape index (κ1) is 41.1. The molecule has 1 saturated heterocycles. The van der Waals surface area contributed by atoms with Gasteiger partial charge in [-0.2, -0.15) is 0 Å². The number of methoxy groups -OCH3 is 1. The molecule has 1 fully saturated rings. The fraction of sp³-hybridized carbons (Fsp3) is 0.364. The summed E-state index contributed by atoms with van der Waals surface area (Å²) in [5, 5.41) is 1.89. The van der Waals surface area contributed by atoms with Gasteiger partial charge in [-0.3, -0.25) is 14.7 Å². The molecule has 3 aromatic carbocycles. The van der Waals surface area contributed by atoms with Crippen molar-refractivity contribution in [2.75, 3.05) is 27.3 Å². The van der Waals surface area contributed by atoms with E-state index in [2.05, 4.69) is 68.9 Å². The third-order valence-corrected chi connectivity index (χ3v) is 11.0. The number of benzene rings is 3. The molecule has 0 saturated carbocycles. The van der Waals surface area contributed by atoms with Gasteiger partial charge in [-0.05, 0) is 135 Å². The molecule has 10 nitrogen and oxygen atoms in total. The number of likely N-dealkylation sites (N-methyl/N-ethyl adjacent to an activating group) is 1. The van der Waals surface area contributed by atoms with Crippen LogP contribution in [-0.2, 0) is 38.1 Å². The monoisotopic (exact) mass is 843 g/mol. The van der Waals surface area contributed by atoms with Crippen LogP contribution in [-0.4, -0.2) is 77.2 Å². The van der Waals surface area contributed by atoms with Crippen molar-refractivity contribution in [1.82, 2.24) is 14.5 Å². The summed E-state index contributed by atoms with van der Waals surface area (Å²) in [6.07, 6.45) is 6.99. The highest BCUT2D eigenvalue weighted by Gasteiger charge is 2.52. The fourth-order valence-electron chi connectivity index (χ4n) is 7.76. The van der Waals surface area contributed by atoms with Crippen molar-refractivity contribution < 1.29 is 33.3 Å². The lowest BCUT2D eigenvalue weighted by Gasteiger charge is -2.53. The summed E-state index contributed by atoms with van der Waals surface area (Å²) in [6, 6.07) is 21.8. The Morgan fingerprint density at radius 2 is 1.66 bits per heavy atom. The number of hydrogen-bond donors (Lipinski definition) is 0. The zero-order chi connectivity index (χ0) is 40.4. The molecule has 3 heterocycles. The van der Waals surface area contributed by atoms with Gasteiger partial charge in [-0.15, -0.1) is 0 Å². The van der Waals surface area contributed by atoms with Gasteiger partial charge in [-0.1, -0.05) is 23.7 Å². The second kappa shape index (κ2) is 16.9. The van der Waals surface area contributed by atoms with Crippen LogP contribution in [0.2, 0.25) is 5.02 Å². The van der Waals surface area contributed by atoms with Crippen LogP contribution in [0.1, 0.15) is 71.5 Å². The molecule has 3 unspecified atom stereocenters. The second-order valence-electron chi connectivity index (χ2n) is 15.2. The number of ether oxygens (including phenoxy) is 4. The first-order valence-electron chi connectivity index (χ1n) is 18.5. The molecule has 1 aliphatic carbocycles. The van der Waals surface area contributed by atoms with E-state index in [4.69, 9.17) is 30.5 Å². The average molecular weight is 845 g/mol. The van der Waals surface area contributed by atoms with Gasteiger partial charge in [0.2, 0.25) is 0 Å². The van der Waals surface area contributed by atoms with Crippen molar-refractivity contribution >= 4 is 56.2 Å². The zero-order valence-corrected chi connectivity index (χ0v) is 35.0. The standard InChI is InChI=1S/C24H26BrN3O3.C20H21ClO4/c1-27-13-17-8-21-24(30-3,19-5-4-6-20(27)22(17)19)9-15(12-28(21)2)14-31-23(29)16-7-18(25)11-26-10-16;1-13(2)24-19(23)20(3,4)25-17-11-7-15(8-12-17)18(22)14-5-9-16(21)10-6-14/h4-7,10-11,13,15,21H,8-9,12,14H2,1-3H3;5-13H,1-4H3. The van der Waals surface area contributed by atoms with E-state index in [0.29, 0.717) is 34.1 Å². The first-order chi connectivity index (χ1) is 26.6. The molecular formula is C44H47BrClN3O7. The number of hydrogen-bond acceptors (Lipinski definition) is 9. The van der Waals surface area contributed by atoms with Crippen molar-refractivity contribution in [2.24, 2.45) is 13.0 Å². The smallest absolute Gasteiger partial charge is 0.350 e. The first-order valence-corrected chi connectivity index (χ1v) is 19.7. The predicted octanol–water partition coefficient (Wildman–Crippen LogP) is 8.59. The fourth-order valence-corrected chi connectivity index (χ4v) is 8.25. The highest BCUT2D eigenvalue weighted by atomic mass is 79.9. The molecule has 1 aliphatic heterocycles. The lowest BCUT2D eigenvalue weighted by molar-refractivity contribution is -0.163. The van der Waals surface area contributed by atoms with Gasteiger partial charge in [0.15, 0.2) is 11.4 Å². The molecule has 2 aliphatic rings. The third kappa shape index (κ3) is 8.71. The average Bonchev–Trinajstić information content (AvgIpc) is 3.50. The van der Waals surface area contributed by atoms with E-state index in [1.807, 2.05) is 7.11 Å². The SMILES string of the molecule is CC(C)OC(=O)C(C)(C)Oc1ccc(C(=O)c2ccc(Cl)cc2)cc1.COC12CC(COC(=O)c3cncc(Br)c3)CN(C)C1Cc1cn(C)c3cccc2c13. The minimum Gasteiger partial charge on any atom is -0.476 e. The molecule has 2 aromatic heterocycles. The summed E-state index contributed by atoms with van der Waals surface area (Å²) in [5.74, 6) is -0.240. The number of fused-ring (bicyclic) bond motifs is 2. The van der Waals surface area contributed by atoms with Crippen LogP contribution in [0.15, 0.2) is 95.9 Å². The van der Waals surface area contributed by atoms with Crippen molar-refractivity contribution in [3.63, 3.8) is 0 Å². The number of ketones is 1. The molecule has 7 rings (SSSR count). The van der Waals surface area contributed by atoms with E-state index in [-0.39, 0.29) is 29.8 Å². The van der Waals surface area contributed by atoms with E-state index >= 15 is 0 Å². The number of nitrogens with zero attached hydrogens (tertiary/aromatic N) is 3. The van der Waals surface area contributed by atoms with Gasteiger partial charge in [-0.25, -0.2) is 9.59 Å². The van der Waals surface area contributed by atoms with Crippen LogP contribution in [0.5, 0.6) is 5.75 Å². The van der Waals surface area contributed by atoms with Crippen molar-refractivity contribution in [2.45, 2.75) is 63.9 Å². The maximum absolute atomic E-state index is 12.5. The molecule has 12 heteroatoms. The van der Waals surface area contributed by atoms with Crippen LogP contribution in [0, 0.1) is 5.92 Å². The zero-order valence-electron chi connectivity index (χ0n) is 32.7. The van der Waals surface area contributed by atoms with Crippen molar-refractivity contribution in [3.8, 4) is 5.75 Å². The number of carbonyl (C=O) groups excluding carboxylic acids is 3. The van der Waals surface area contributed by atoms with E-state index in [1.165, 1.54) is 28.2 Å². The Kier molecular flexibility index (Phi) is 12.4. The van der Waals surface area contributed by atoms with Crippen LogP contribution in [0.25, 0.3) is 10.9 Å². The minimum atomic E-state index is -1.12. The van der Waals surface area contributed by atoms with Gasteiger partial charge in [0, 0.05) is 82.8 Å². The summed E-state index contributed by atoms with van der Waals surface area (Å²) in [7, 11) is 6.07. The lowest BCUT2D eigenvalue weighted by Crippen LogP contribution is -2.59. The van der Waals surface area contributed by atoms with Gasteiger partial charge in [0.05, 0.1) is 18.3 Å². The number of pyridine rings is 1. The second-order valence-corrected chi connectivity index (χ2v) is 16.6. The van der Waals surface area contributed by atoms with Gasteiger partial charge in [0.25, 0.3) is 0 Å². The molecule has 3 atom stereocenters. The Morgan fingerprint density at radius 1 is 0.982 bits per heavy atom. The topological polar surface area (TPSA) is 109 Å². The number of aromatic nitrogens is 2. The maximum atomic E-state index is 12.5. The normalized spacial score (nSPS) is 19.1. The summed E-state index contributed by atoms with van der Waals surface area (Å²) in [6.45, 7) is 8.06. The van der Waals surface area contributed by atoms with Crippen molar-refractivity contribution in [1.29, 1.82) is 0 Å². The van der Waals surface area contributed by atoms with Gasteiger partial charge in [0.1, 0.15) is 11.4 Å². The Hall–Kier alpha value is -4.55. The highest BCUT2D eigenvalue weighted by molar-refractivity contribution is 9.10. The molecular weight excluding hydrogens is 798 g/mol. The number of aryl methyl sites for hydroxylation is 1. The number of halogens is 2. The third-order valence-electron chi connectivity index (χ3n) is 10.4. The summed E-state index contributed by atoms with van der Waals surface area (Å²) >= 11 is 9.19. The van der Waals surface area contributed by atoms with E-state index in [1.54, 1.807) is 88.5 Å². The highest BCUT2D eigenvalue weighted by Crippen LogP contribution is 2.49. The van der Waals surface area contributed by atoms with E-state index in [0.717, 1.165) is 23.9 Å². The Labute approximate surface area is 341 Å². The Bertz CT molecular complexity index is 2220. The molecule has 56 heavy (non-hydrogen) atoms. The summed E-state index contributed by atoms with van der Waals surface area (Å²) in [4.78, 5) is 43.5. The number of carbonyl (C=O) groups is 3. The molecule has 0 spiro atoms. The quantitative estimate of drug-likeness (QED) is 0.101. The van der Waals surface area contributed by atoms with Crippen LogP contribution in [0.4, 0.5) is 0 Å². The molecule has 0 N–H and O–H groups in total. The molecule has 5 aromatic rings. The Morgan fingerprint density at radius 3 is 2.30 bits per heavy atom. The molecule has 0 amide bonds. The van der Waals surface area contributed by atoms with Crippen LogP contribution in [0.3, 0.4) is 0 Å². The molecule has 294 valence electrons. The largest absolute Gasteiger partial charge is 0.476 e. The van der Waals surface area contributed by atoms with Gasteiger partial charge < -0.3 is 23.5 Å². The summed E-state index contributed by atoms with van der Waals surface area (Å²) < 4.78 is 25.9. The molecule has 0 radical (unpaired) electrons.